The summed E-state index contributed by atoms with van der Waals surface area (Å²) in [4.78, 5) is 22.5. The summed E-state index contributed by atoms with van der Waals surface area (Å²) in [6, 6.07) is 8.40. The van der Waals surface area contributed by atoms with E-state index in [0.717, 1.165) is 23.7 Å². The molecule has 3 atom stereocenters. The Labute approximate surface area is 164 Å². The van der Waals surface area contributed by atoms with E-state index in [1.165, 1.54) is 4.70 Å². The molecule has 5 nitrogen and oxygen atoms in total. The fourth-order valence-electron chi connectivity index (χ4n) is 3.84. The van der Waals surface area contributed by atoms with Crippen molar-refractivity contribution in [3.05, 3.63) is 45.7 Å². The fraction of sp³-hybridized carbons (Fsp3) is 0.333. The first kappa shape index (κ1) is 16.4. The Bertz CT molecular complexity index is 985. The highest BCUT2D eigenvalue weighted by Crippen LogP contribution is 2.48. The van der Waals surface area contributed by atoms with E-state index in [0.29, 0.717) is 33.3 Å². The second-order valence-electron chi connectivity index (χ2n) is 6.95. The smallest absolute Gasteiger partial charge is 0.269 e. The molecule has 1 aliphatic carbocycles. The summed E-state index contributed by atoms with van der Waals surface area (Å²) in [6.07, 6.45) is 0. The topological polar surface area (TPSA) is 61.0 Å². The van der Waals surface area contributed by atoms with Crippen molar-refractivity contribution in [3.8, 4) is 0 Å². The van der Waals surface area contributed by atoms with Crippen LogP contribution in [0, 0.1) is 18.8 Å². The number of amides is 1. The molecule has 3 heterocycles. The van der Waals surface area contributed by atoms with E-state index in [1.807, 2.05) is 18.2 Å². The number of benzene rings is 1. The number of hydrogen-bond acceptors (Lipinski definition) is 4. The number of anilines is 1. The molecule has 0 radical (unpaired) electrons. The van der Waals surface area contributed by atoms with Gasteiger partial charge in [0.1, 0.15) is 5.69 Å². The summed E-state index contributed by atoms with van der Waals surface area (Å²) in [5, 5.41) is 4.87. The third-order valence-electron chi connectivity index (χ3n) is 5.33. The maximum Gasteiger partial charge on any atom is 0.269 e. The van der Waals surface area contributed by atoms with Crippen LogP contribution in [0.3, 0.4) is 0 Å². The number of nitrogens with zero attached hydrogens (tertiary/aromatic N) is 2. The lowest BCUT2D eigenvalue weighted by Gasteiger charge is -2.19. The monoisotopic (exact) mass is 406 g/mol. The van der Waals surface area contributed by atoms with Crippen LogP contribution >= 0.6 is 34.5 Å². The van der Waals surface area contributed by atoms with Crippen LogP contribution in [0.5, 0.6) is 0 Å². The normalized spacial score (nSPS) is 24.1. The van der Waals surface area contributed by atoms with E-state index in [9.17, 15) is 4.79 Å². The molecule has 1 saturated carbocycles. The summed E-state index contributed by atoms with van der Waals surface area (Å²) in [7, 11) is 0. The molecule has 3 aromatic rings. The third kappa shape index (κ3) is 2.51. The van der Waals surface area contributed by atoms with Crippen LogP contribution in [-0.4, -0.2) is 35.0 Å². The summed E-state index contributed by atoms with van der Waals surface area (Å²) < 4.78 is 1.21. The number of H-pyrrole nitrogens is 1. The van der Waals surface area contributed by atoms with Crippen LogP contribution in [0.25, 0.3) is 10.2 Å². The number of nitrogens with one attached hydrogen (secondary N) is 2. The molecule has 2 fully saturated rings. The van der Waals surface area contributed by atoms with Crippen molar-refractivity contribution in [2.75, 3.05) is 18.0 Å². The molecule has 1 aromatic carbocycles. The number of aromatic nitrogens is 2. The first-order valence-corrected chi connectivity index (χ1v) is 10.0. The van der Waals surface area contributed by atoms with Crippen LogP contribution in [-0.2, 0) is 0 Å². The van der Waals surface area contributed by atoms with Crippen molar-refractivity contribution in [2.24, 2.45) is 11.8 Å². The molecule has 5 rings (SSSR count). The molecule has 2 aromatic heterocycles. The van der Waals surface area contributed by atoms with Gasteiger partial charge in [0.25, 0.3) is 5.91 Å². The lowest BCUT2D eigenvalue weighted by atomic mass is 10.3. The maximum absolute atomic E-state index is 12.5. The predicted molar refractivity (Wildman–Crippen MR) is 106 cm³/mol. The molecule has 1 saturated heterocycles. The molecule has 1 amide bonds. The first-order valence-electron chi connectivity index (χ1n) is 8.48. The molecule has 26 heavy (non-hydrogen) atoms. The van der Waals surface area contributed by atoms with Gasteiger partial charge in [-0.25, -0.2) is 4.98 Å². The second kappa shape index (κ2) is 5.87. The van der Waals surface area contributed by atoms with Gasteiger partial charge in [-0.2, -0.15) is 0 Å². The van der Waals surface area contributed by atoms with Crippen molar-refractivity contribution in [2.45, 2.75) is 13.0 Å². The zero-order chi connectivity index (χ0) is 18.0. The highest BCUT2D eigenvalue weighted by Gasteiger charge is 2.57. The number of hydrogen-bond donors (Lipinski definition) is 2. The number of aromatic amines is 1. The third-order valence-corrected chi connectivity index (χ3v) is 7.37. The van der Waals surface area contributed by atoms with Gasteiger partial charge in [0.05, 0.1) is 20.3 Å². The molecular weight excluding hydrogens is 391 g/mol. The van der Waals surface area contributed by atoms with Crippen LogP contribution in [0.2, 0.25) is 10.0 Å². The van der Waals surface area contributed by atoms with Gasteiger partial charge < -0.3 is 15.2 Å². The van der Waals surface area contributed by atoms with Crippen molar-refractivity contribution < 1.29 is 4.79 Å². The Morgan fingerprint density at radius 2 is 2.00 bits per heavy atom. The number of para-hydroxylation sites is 1. The number of fused-ring (bicyclic) bond motifs is 2. The van der Waals surface area contributed by atoms with Gasteiger partial charge in [0, 0.05) is 36.7 Å². The molecule has 2 N–H and O–H groups in total. The fourth-order valence-corrected chi connectivity index (χ4v) is 5.24. The van der Waals surface area contributed by atoms with Gasteiger partial charge in [-0.15, -0.1) is 0 Å². The minimum absolute atomic E-state index is 0.184. The van der Waals surface area contributed by atoms with E-state index in [4.69, 9.17) is 28.2 Å². The van der Waals surface area contributed by atoms with Gasteiger partial charge in [-0.05, 0) is 19.1 Å². The molecule has 0 spiro atoms. The first-order chi connectivity index (χ1) is 12.5. The molecule has 8 heteroatoms. The zero-order valence-electron chi connectivity index (χ0n) is 13.9. The van der Waals surface area contributed by atoms with E-state index in [2.05, 4.69) is 21.3 Å². The number of halogens is 2. The summed E-state index contributed by atoms with van der Waals surface area (Å²) >= 11 is 13.9. The Morgan fingerprint density at radius 3 is 2.65 bits per heavy atom. The number of carbonyl (C=O) groups is 1. The average Bonchev–Trinajstić information content (AvgIpc) is 3.04. The Balaban J connectivity index is 1.25. The Hall–Kier alpha value is -1.76. The lowest BCUT2D eigenvalue weighted by molar-refractivity contribution is 0.0942. The van der Waals surface area contributed by atoms with Crippen molar-refractivity contribution in [1.29, 1.82) is 0 Å². The quantitative estimate of drug-likeness (QED) is 0.687. The predicted octanol–water partition coefficient (Wildman–Crippen LogP) is 4.10. The standard InChI is InChI=1S/C18H16Cl2N4OS/c1-8-13(19)14(20)16(21-8)17(25)23-15-9-6-24(7-10(9)15)18-22-11-4-2-3-5-12(11)26-18/h2-5,9-10,15,21H,6-7H2,1H3,(H,23,25)/t9-,10+,15+. The largest absolute Gasteiger partial charge is 0.352 e. The number of piperidine rings is 1. The summed E-state index contributed by atoms with van der Waals surface area (Å²) in [6.45, 7) is 3.65. The van der Waals surface area contributed by atoms with Crippen molar-refractivity contribution in [1.82, 2.24) is 15.3 Å². The molecule has 0 bridgehead atoms. The minimum atomic E-state index is -0.184. The molecule has 134 valence electrons. The maximum atomic E-state index is 12.5. The molecular formula is C18H16Cl2N4OS. The molecule has 0 unspecified atom stereocenters. The number of thiazole rings is 1. The Kier molecular flexibility index (Phi) is 3.71. The number of rotatable bonds is 3. The van der Waals surface area contributed by atoms with Crippen molar-refractivity contribution >= 4 is 55.8 Å². The highest BCUT2D eigenvalue weighted by molar-refractivity contribution is 7.22. The van der Waals surface area contributed by atoms with Gasteiger partial charge in [0.2, 0.25) is 0 Å². The molecule has 1 aliphatic heterocycles. The van der Waals surface area contributed by atoms with Gasteiger partial charge in [0.15, 0.2) is 5.13 Å². The van der Waals surface area contributed by atoms with Crippen LogP contribution in [0.15, 0.2) is 24.3 Å². The van der Waals surface area contributed by atoms with Gasteiger partial charge in [-0.1, -0.05) is 46.7 Å². The summed E-state index contributed by atoms with van der Waals surface area (Å²) in [5.74, 6) is 0.753. The van der Waals surface area contributed by atoms with Gasteiger partial charge in [-0.3, -0.25) is 4.79 Å². The lowest BCUT2D eigenvalue weighted by Crippen LogP contribution is -2.34. The Morgan fingerprint density at radius 1 is 1.27 bits per heavy atom. The average molecular weight is 407 g/mol. The van der Waals surface area contributed by atoms with Crippen LogP contribution in [0.4, 0.5) is 5.13 Å². The second-order valence-corrected chi connectivity index (χ2v) is 8.71. The highest BCUT2D eigenvalue weighted by atomic mass is 35.5. The number of aryl methyl sites for hydroxylation is 1. The van der Waals surface area contributed by atoms with E-state index in [-0.39, 0.29) is 11.9 Å². The summed E-state index contributed by atoms with van der Waals surface area (Å²) in [5.41, 5.74) is 2.11. The van der Waals surface area contributed by atoms with E-state index >= 15 is 0 Å². The zero-order valence-corrected chi connectivity index (χ0v) is 16.3. The minimum Gasteiger partial charge on any atom is -0.352 e. The van der Waals surface area contributed by atoms with E-state index in [1.54, 1.807) is 18.3 Å². The van der Waals surface area contributed by atoms with Crippen molar-refractivity contribution in [3.63, 3.8) is 0 Å². The van der Waals surface area contributed by atoms with E-state index < -0.39 is 0 Å². The van der Waals surface area contributed by atoms with Crippen LogP contribution in [0.1, 0.15) is 16.2 Å². The van der Waals surface area contributed by atoms with Gasteiger partial charge >= 0.3 is 0 Å². The number of carbonyl (C=O) groups excluding carboxylic acids is 1. The molecule has 2 aliphatic rings. The SMILES string of the molecule is Cc1[nH]c(C(=O)N[C@H]2[C@@H]3CN(c4nc5ccccc5s4)C[C@@H]32)c(Cl)c1Cl. The van der Waals surface area contributed by atoms with Crippen LogP contribution < -0.4 is 10.2 Å².